The first-order valence-corrected chi connectivity index (χ1v) is 10.6. The molecule has 0 radical (unpaired) electrons. The second-order valence-corrected chi connectivity index (χ2v) is 7.51. The van der Waals surface area contributed by atoms with Crippen LogP contribution in [0.1, 0.15) is 35.7 Å². The molecule has 1 amide bonds. The van der Waals surface area contributed by atoms with Gasteiger partial charge in [-0.1, -0.05) is 43.3 Å². The van der Waals surface area contributed by atoms with E-state index in [2.05, 4.69) is 20.8 Å². The zero-order chi connectivity index (χ0) is 21.3. The number of anilines is 1. The van der Waals surface area contributed by atoms with Crippen molar-refractivity contribution in [2.45, 2.75) is 31.8 Å². The summed E-state index contributed by atoms with van der Waals surface area (Å²) in [7, 11) is 0. The molecule has 0 spiro atoms. The number of aromatic nitrogens is 4. The molecule has 0 saturated carbocycles. The molecule has 0 fully saturated rings. The fourth-order valence-corrected chi connectivity index (χ4v) is 3.31. The first-order chi connectivity index (χ1) is 14.6. The van der Waals surface area contributed by atoms with Crippen LogP contribution < -0.4 is 5.32 Å². The summed E-state index contributed by atoms with van der Waals surface area (Å²) < 4.78 is 6.79. The minimum atomic E-state index is -0.361. The van der Waals surface area contributed by atoms with Crippen molar-refractivity contribution in [2.75, 3.05) is 17.7 Å². The number of tetrazole rings is 1. The number of rotatable bonds is 9. The molecule has 0 aliphatic carbocycles. The number of esters is 1. The van der Waals surface area contributed by atoms with Gasteiger partial charge in [0.15, 0.2) is 0 Å². The van der Waals surface area contributed by atoms with Crippen LogP contribution in [0.25, 0.3) is 5.69 Å². The molecule has 0 saturated heterocycles. The number of nitrogens with zero attached hydrogens (tertiary/aromatic N) is 4. The van der Waals surface area contributed by atoms with Gasteiger partial charge in [-0.3, -0.25) is 4.79 Å². The van der Waals surface area contributed by atoms with Crippen LogP contribution in [-0.4, -0.2) is 44.4 Å². The lowest BCUT2D eigenvalue weighted by molar-refractivity contribution is -0.113. The minimum absolute atomic E-state index is 0.146. The molecule has 1 N–H and O–H groups in total. The lowest BCUT2D eigenvalue weighted by Crippen LogP contribution is -2.15. The number of amides is 1. The number of carbonyl (C=O) groups is 2. The Morgan fingerprint density at radius 1 is 1.13 bits per heavy atom. The van der Waals surface area contributed by atoms with Crippen LogP contribution in [0.5, 0.6) is 0 Å². The van der Waals surface area contributed by atoms with E-state index in [0.29, 0.717) is 23.0 Å². The van der Waals surface area contributed by atoms with Crippen molar-refractivity contribution in [1.29, 1.82) is 0 Å². The number of benzene rings is 2. The van der Waals surface area contributed by atoms with Gasteiger partial charge in [0, 0.05) is 5.69 Å². The fourth-order valence-electron chi connectivity index (χ4n) is 2.63. The van der Waals surface area contributed by atoms with Crippen LogP contribution in [0.15, 0.2) is 53.7 Å². The third kappa shape index (κ3) is 5.66. The number of ether oxygens (including phenoxy) is 1. The van der Waals surface area contributed by atoms with Crippen molar-refractivity contribution >= 4 is 29.3 Å². The second-order valence-electron chi connectivity index (χ2n) is 6.56. The fraction of sp³-hybridized carbons (Fsp3) is 0.286. The maximum atomic E-state index is 12.3. The van der Waals surface area contributed by atoms with E-state index in [-0.39, 0.29) is 17.6 Å². The lowest BCUT2D eigenvalue weighted by atomic mass is 10.2. The molecule has 0 aliphatic heterocycles. The van der Waals surface area contributed by atoms with E-state index >= 15 is 0 Å². The Bertz CT molecular complexity index is 1000. The predicted molar refractivity (Wildman–Crippen MR) is 115 cm³/mol. The predicted octanol–water partition coefficient (Wildman–Crippen LogP) is 3.66. The van der Waals surface area contributed by atoms with Crippen LogP contribution >= 0.6 is 11.8 Å². The molecule has 3 rings (SSSR count). The summed E-state index contributed by atoms with van der Waals surface area (Å²) in [5.41, 5.74) is 2.95. The first kappa shape index (κ1) is 21.5. The molecular formula is C21H23N5O3S. The second kappa shape index (κ2) is 10.5. The highest BCUT2D eigenvalue weighted by atomic mass is 32.2. The molecule has 1 heterocycles. The third-order valence-electron chi connectivity index (χ3n) is 4.25. The van der Waals surface area contributed by atoms with Gasteiger partial charge in [0.25, 0.3) is 0 Å². The highest BCUT2D eigenvalue weighted by Gasteiger charge is 2.13. The van der Waals surface area contributed by atoms with Crippen LogP contribution in [0, 0.1) is 6.92 Å². The van der Waals surface area contributed by atoms with Gasteiger partial charge in [0.05, 0.1) is 23.6 Å². The molecule has 0 atom stereocenters. The van der Waals surface area contributed by atoms with Crippen LogP contribution in [-0.2, 0) is 9.53 Å². The highest BCUT2D eigenvalue weighted by Crippen LogP contribution is 2.20. The molecule has 3 aromatic rings. The molecule has 8 nitrogen and oxygen atoms in total. The van der Waals surface area contributed by atoms with E-state index < -0.39 is 0 Å². The number of aryl methyl sites for hydroxylation is 1. The lowest BCUT2D eigenvalue weighted by Gasteiger charge is -2.08. The Hall–Kier alpha value is -3.20. The van der Waals surface area contributed by atoms with Crippen molar-refractivity contribution in [3.8, 4) is 5.69 Å². The zero-order valence-corrected chi connectivity index (χ0v) is 17.7. The molecule has 9 heteroatoms. The van der Waals surface area contributed by atoms with E-state index in [9.17, 15) is 9.59 Å². The quantitative estimate of drug-likeness (QED) is 0.317. The van der Waals surface area contributed by atoms with Gasteiger partial charge in [0.2, 0.25) is 11.1 Å². The largest absolute Gasteiger partial charge is 0.462 e. The molecule has 30 heavy (non-hydrogen) atoms. The zero-order valence-electron chi connectivity index (χ0n) is 16.9. The average molecular weight is 426 g/mol. The molecule has 0 bridgehead atoms. The maximum absolute atomic E-state index is 12.3. The molecule has 0 aliphatic rings. The van der Waals surface area contributed by atoms with E-state index in [1.165, 1.54) is 11.8 Å². The summed E-state index contributed by atoms with van der Waals surface area (Å²) in [4.78, 5) is 24.2. The van der Waals surface area contributed by atoms with Gasteiger partial charge in [-0.25, -0.2) is 4.79 Å². The number of para-hydroxylation sites is 1. The van der Waals surface area contributed by atoms with Gasteiger partial charge < -0.3 is 10.1 Å². The number of carbonyl (C=O) groups excluding carboxylic acids is 2. The van der Waals surface area contributed by atoms with E-state index in [1.54, 1.807) is 28.9 Å². The van der Waals surface area contributed by atoms with Crippen molar-refractivity contribution in [3.05, 3.63) is 59.7 Å². The first-order valence-electron chi connectivity index (χ1n) is 9.62. The van der Waals surface area contributed by atoms with Crippen molar-refractivity contribution < 1.29 is 14.3 Å². The number of hydrogen-bond donors (Lipinski definition) is 1. The molecule has 156 valence electrons. The van der Waals surface area contributed by atoms with E-state index in [1.807, 2.05) is 38.1 Å². The summed E-state index contributed by atoms with van der Waals surface area (Å²) in [5.74, 6) is -0.412. The number of nitrogens with one attached hydrogen (secondary N) is 1. The van der Waals surface area contributed by atoms with Crippen molar-refractivity contribution in [3.63, 3.8) is 0 Å². The highest BCUT2D eigenvalue weighted by molar-refractivity contribution is 7.99. The monoisotopic (exact) mass is 425 g/mol. The maximum Gasteiger partial charge on any atom is 0.338 e. The Morgan fingerprint density at radius 2 is 1.90 bits per heavy atom. The van der Waals surface area contributed by atoms with E-state index in [0.717, 1.165) is 24.1 Å². The van der Waals surface area contributed by atoms with Gasteiger partial charge in [-0.15, -0.1) is 5.10 Å². The van der Waals surface area contributed by atoms with Crippen LogP contribution in [0.4, 0.5) is 5.69 Å². The molecule has 1 aromatic heterocycles. The molecular weight excluding hydrogens is 402 g/mol. The summed E-state index contributed by atoms with van der Waals surface area (Å²) >= 11 is 1.24. The average Bonchev–Trinajstić information content (AvgIpc) is 3.21. The summed E-state index contributed by atoms with van der Waals surface area (Å²) in [6.45, 7) is 4.42. The van der Waals surface area contributed by atoms with Crippen LogP contribution in [0.3, 0.4) is 0 Å². The minimum Gasteiger partial charge on any atom is -0.462 e. The molecule has 0 unspecified atom stereocenters. The molecule has 2 aromatic carbocycles. The topological polar surface area (TPSA) is 99.0 Å². The summed E-state index contributed by atoms with van der Waals surface area (Å²) in [5, 5.41) is 15.1. The van der Waals surface area contributed by atoms with Gasteiger partial charge in [-0.05, 0) is 59.7 Å². The Morgan fingerprint density at radius 3 is 2.63 bits per heavy atom. The number of unbranched alkanes of at least 4 members (excludes halogenated alkanes) is 1. The smallest absolute Gasteiger partial charge is 0.338 e. The van der Waals surface area contributed by atoms with Crippen molar-refractivity contribution in [1.82, 2.24) is 20.2 Å². The van der Waals surface area contributed by atoms with Crippen molar-refractivity contribution in [2.24, 2.45) is 0 Å². The summed E-state index contributed by atoms with van der Waals surface area (Å²) in [6.07, 6.45) is 1.80. The number of thioether (sulfide) groups is 1. The van der Waals surface area contributed by atoms with E-state index in [4.69, 9.17) is 4.74 Å². The normalized spacial score (nSPS) is 10.6. The van der Waals surface area contributed by atoms with Crippen LogP contribution in [0.2, 0.25) is 0 Å². The van der Waals surface area contributed by atoms with Gasteiger partial charge >= 0.3 is 5.97 Å². The Balaban J connectivity index is 1.54. The SMILES string of the molecule is CCCCOC(=O)c1ccc(NC(=O)CSc2nnnn2-c2ccccc2C)cc1. The van der Waals surface area contributed by atoms with Gasteiger partial charge in [0.1, 0.15) is 0 Å². The summed E-state index contributed by atoms with van der Waals surface area (Å²) in [6, 6.07) is 14.4. The van der Waals surface area contributed by atoms with Gasteiger partial charge in [-0.2, -0.15) is 4.68 Å². The Labute approximate surface area is 179 Å². The number of hydrogen-bond acceptors (Lipinski definition) is 7. The standard InChI is InChI=1S/C21H23N5O3S/c1-3-4-13-29-20(28)16-9-11-17(12-10-16)22-19(27)14-30-21-23-24-25-26(21)18-8-6-5-7-15(18)2/h5-12H,3-4,13-14H2,1-2H3,(H,22,27). The Kier molecular flexibility index (Phi) is 7.56. The third-order valence-corrected chi connectivity index (χ3v) is 5.17.